The number of nitrogens with two attached hydrogens (primary N) is 1. The molecular formula is C14H20N2O2S2. The average Bonchev–Trinajstić information content (AvgIpc) is 3.17. The van der Waals surface area contributed by atoms with Gasteiger partial charge in [-0.2, -0.15) is 0 Å². The first-order valence-corrected chi connectivity index (χ1v) is 8.59. The summed E-state index contributed by atoms with van der Waals surface area (Å²) in [5.41, 5.74) is 7.00. The van der Waals surface area contributed by atoms with Gasteiger partial charge in [0.05, 0.1) is 4.90 Å². The van der Waals surface area contributed by atoms with E-state index in [-0.39, 0.29) is 15.3 Å². The van der Waals surface area contributed by atoms with Crippen LogP contribution in [0.4, 0.5) is 0 Å². The Morgan fingerprint density at radius 1 is 1.45 bits per heavy atom. The van der Waals surface area contributed by atoms with Crippen LogP contribution in [0.5, 0.6) is 0 Å². The zero-order chi connectivity index (χ0) is 15.0. The summed E-state index contributed by atoms with van der Waals surface area (Å²) >= 11 is 4.90. The Morgan fingerprint density at radius 2 is 2.10 bits per heavy atom. The summed E-state index contributed by atoms with van der Waals surface area (Å²) < 4.78 is 27.6. The van der Waals surface area contributed by atoms with Crippen molar-refractivity contribution in [3.63, 3.8) is 0 Å². The molecule has 1 aromatic carbocycles. The van der Waals surface area contributed by atoms with Crippen LogP contribution < -0.4 is 10.5 Å². The Balaban J connectivity index is 2.24. The Kier molecular flexibility index (Phi) is 4.18. The van der Waals surface area contributed by atoms with Gasteiger partial charge in [-0.25, -0.2) is 13.1 Å². The first-order valence-electron chi connectivity index (χ1n) is 6.70. The van der Waals surface area contributed by atoms with Crippen LogP contribution in [0.3, 0.4) is 0 Å². The number of aryl methyl sites for hydroxylation is 1. The molecule has 3 N–H and O–H groups in total. The number of hydrogen-bond donors (Lipinski definition) is 2. The maximum atomic E-state index is 12.4. The molecule has 0 amide bonds. The van der Waals surface area contributed by atoms with Gasteiger partial charge in [0.25, 0.3) is 0 Å². The van der Waals surface area contributed by atoms with Gasteiger partial charge >= 0.3 is 0 Å². The van der Waals surface area contributed by atoms with Crippen molar-refractivity contribution < 1.29 is 8.42 Å². The van der Waals surface area contributed by atoms with Crippen LogP contribution in [0.1, 0.15) is 37.3 Å². The summed E-state index contributed by atoms with van der Waals surface area (Å²) in [6.07, 6.45) is 3.19. The average molecular weight is 312 g/mol. The maximum absolute atomic E-state index is 12.4. The molecule has 1 aliphatic carbocycles. The molecule has 0 spiro atoms. The molecule has 0 radical (unpaired) electrons. The third-order valence-electron chi connectivity index (χ3n) is 4.11. The maximum Gasteiger partial charge on any atom is 0.240 e. The third-order valence-corrected chi connectivity index (χ3v) is 5.89. The van der Waals surface area contributed by atoms with E-state index < -0.39 is 10.0 Å². The predicted octanol–water partition coefficient (Wildman–Crippen LogP) is 2.10. The van der Waals surface area contributed by atoms with Crippen LogP contribution in [0.25, 0.3) is 0 Å². The number of sulfonamides is 1. The SMILES string of the molecule is CCC1(CNS(=O)(=O)c2cc(C(N)=S)ccc2C)CC1. The topological polar surface area (TPSA) is 72.2 Å². The molecule has 0 heterocycles. The molecule has 0 aromatic heterocycles. The lowest BCUT2D eigenvalue weighted by atomic mass is 10.1. The van der Waals surface area contributed by atoms with Gasteiger partial charge in [0.15, 0.2) is 0 Å². The van der Waals surface area contributed by atoms with Crippen LogP contribution in [0, 0.1) is 12.3 Å². The summed E-state index contributed by atoms with van der Waals surface area (Å²) in [6.45, 7) is 4.37. The van der Waals surface area contributed by atoms with E-state index in [0.717, 1.165) is 19.3 Å². The zero-order valence-corrected chi connectivity index (χ0v) is 13.4. The highest BCUT2D eigenvalue weighted by Crippen LogP contribution is 2.48. The van der Waals surface area contributed by atoms with E-state index in [9.17, 15) is 8.42 Å². The quantitative estimate of drug-likeness (QED) is 0.789. The molecule has 110 valence electrons. The van der Waals surface area contributed by atoms with Crippen LogP contribution in [0.15, 0.2) is 23.1 Å². The minimum absolute atomic E-state index is 0.168. The Labute approximate surface area is 125 Å². The van der Waals surface area contributed by atoms with Gasteiger partial charge in [-0.3, -0.25) is 0 Å². The monoisotopic (exact) mass is 312 g/mol. The molecule has 6 heteroatoms. The normalized spacial score (nSPS) is 16.9. The van der Waals surface area contributed by atoms with E-state index in [0.29, 0.717) is 17.7 Å². The highest BCUT2D eigenvalue weighted by atomic mass is 32.2. The summed E-state index contributed by atoms with van der Waals surface area (Å²) in [5, 5.41) is 0. The second-order valence-electron chi connectivity index (χ2n) is 5.52. The summed E-state index contributed by atoms with van der Waals surface area (Å²) in [5.74, 6) is 0. The molecule has 1 saturated carbocycles. The molecule has 20 heavy (non-hydrogen) atoms. The van der Waals surface area contributed by atoms with Crippen molar-refractivity contribution in [1.29, 1.82) is 0 Å². The summed E-state index contributed by atoms with van der Waals surface area (Å²) in [4.78, 5) is 0.461. The number of rotatable bonds is 6. The number of benzene rings is 1. The lowest BCUT2D eigenvalue weighted by molar-refractivity contribution is 0.475. The third kappa shape index (κ3) is 3.19. The largest absolute Gasteiger partial charge is 0.389 e. The van der Waals surface area contributed by atoms with Crippen LogP contribution >= 0.6 is 12.2 Å². The molecular weight excluding hydrogens is 292 g/mol. The van der Waals surface area contributed by atoms with E-state index in [1.54, 1.807) is 25.1 Å². The molecule has 0 saturated heterocycles. The number of thiocarbonyl (C=S) groups is 1. The molecule has 0 unspecified atom stereocenters. The minimum atomic E-state index is -3.52. The van der Waals surface area contributed by atoms with Gasteiger partial charge in [0.1, 0.15) is 4.99 Å². The highest BCUT2D eigenvalue weighted by molar-refractivity contribution is 7.89. The fourth-order valence-corrected chi connectivity index (χ4v) is 3.75. The fourth-order valence-electron chi connectivity index (χ4n) is 2.20. The molecule has 4 nitrogen and oxygen atoms in total. The van der Waals surface area contributed by atoms with Crippen LogP contribution in [-0.4, -0.2) is 20.0 Å². The van der Waals surface area contributed by atoms with Gasteiger partial charge in [-0.1, -0.05) is 31.3 Å². The lowest BCUT2D eigenvalue weighted by Gasteiger charge is -2.15. The fraction of sp³-hybridized carbons (Fsp3) is 0.500. The van der Waals surface area contributed by atoms with Crippen molar-refractivity contribution in [3.05, 3.63) is 29.3 Å². The van der Waals surface area contributed by atoms with Crippen molar-refractivity contribution in [2.75, 3.05) is 6.54 Å². The summed E-state index contributed by atoms with van der Waals surface area (Å²) in [7, 11) is -3.52. The smallest absolute Gasteiger partial charge is 0.240 e. The van der Waals surface area contributed by atoms with E-state index in [1.807, 2.05) is 0 Å². The first kappa shape index (κ1) is 15.4. The molecule has 0 bridgehead atoms. The molecule has 0 atom stereocenters. The summed E-state index contributed by atoms with van der Waals surface area (Å²) in [6, 6.07) is 5.02. The molecule has 1 aromatic rings. The van der Waals surface area contributed by atoms with E-state index in [2.05, 4.69) is 11.6 Å². The minimum Gasteiger partial charge on any atom is -0.389 e. The highest BCUT2D eigenvalue weighted by Gasteiger charge is 2.41. The standard InChI is InChI=1S/C14H20N2O2S2/c1-3-14(6-7-14)9-16-20(17,18)12-8-11(13(15)19)5-4-10(12)2/h4-5,8,16H,3,6-7,9H2,1-2H3,(H2,15,19). The van der Waals surface area contributed by atoms with Gasteiger partial charge in [0.2, 0.25) is 10.0 Å². The number of hydrogen-bond acceptors (Lipinski definition) is 3. The van der Waals surface area contributed by atoms with Crippen LogP contribution in [-0.2, 0) is 10.0 Å². The molecule has 1 fully saturated rings. The van der Waals surface area contributed by atoms with Crippen LogP contribution in [0.2, 0.25) is 0 Å². The van der Waals surface area contributed by atoms with Crippen molar-refractivity contribution in [2.24, 2.45) is 11.1 Å². The molecule has 2 rings (SSSR count). The van der Waals surface area contributed by atoms with E-state index in [1.165, 1.54) is 0 Å². The predicted molar refractivity (Wildman–Crippen MR) is 84.2 cm³/mol. The van der Waals surface area contributed by atoms with Crippen molar-refractivity contribution >= 4 is 27.2 Å². The zero-order valence-electron chi connectivity index (χ0n) is 11.8. The second-order valence-corrected chi connectivity index (χ2v) is 7.70. The van der Waals surface area contributed by atoms with Gasteiger partial charge in [-0.15, -0.1) is 0 Å². The van der Waals surface area contributed by atoms with Crippen molar-refractivity contribution in [2.45, 2.75) is 38.0 Å². The van der Waals surface area contributed by atoms with E-state index in [4.69, 9.17) is 18.0 Å². The molecule has 1 aliphatic rings. The van der Waals surface area contributed by atoms with Gasteiger partial charge < -0.3 is 5.73 Å². The Bertz CT molecular complexity index is 635. The molecule has 0 aliphatic heterocycles. The second kappa shape index (κ2) is 5.42. The van der Waals surface area contributed by atoms with Gasteiger partial charge in [-0.05, 0) is 43.2 Å². The Hall–Kier alpha value is -0.980. The van der Waals surface area contributed by atoms with Gasteiger partial charge in [0, 0.05) is 12.1 Å². The number of nitrogens with one attached hydrogen (secondary N) is 1. The lowest BCUT2D eigenvalue weighted by Crippen LogP contribution is -2.30. The van der Waals surface area contributed by atoms with Crippen molar-refractivity contribution in [1.82, 2.24) is 4.72 Å². The Morgan fingerprint density at radius 3 is 2.60 bits per heavy atom. The first-order chi connectivity index (χ1) is 9.30. The van der Waals surface area contributed by atoms with E-state index >= 15 is 0 Å². The van der Waals surface area contributed by atoms with Crippen molar-refractivity contribution in [3.8, 4) is 0 Å².